The van der Waals surface area contributed by atoms with Crippen LogP contribution in [0.2, 0.25) is 10.0 Å². The Hall–Kier alpha value is -2.62. The van der Waals surface area contributed by atoms with E-state index in [1.807, 2.05) is 0 Å². The van der Waals surface area contributed by atoms with Crippen molar-refractivity contribution < 1.29 is 27.5 Å². The number of pyridine rings is 1. The minimum atomic E-state index is -4.57. The molecule has 6 nitrogen and oxygen atoms in total. The highest BCUT2D eigenvalue weighted by molar-refractivity contribution is 6.42. The Bertz CT molecular complexity index is 1230. The topological polar surface area (TPSA) is 64.4 Å². The fourth-order valence-electron chi connectivity index (χ4n) is 3.56. The predicted octanol–water partition coefficient (Wildman–Crippen LogP) is 4.60. The van der Waals surface area contributed by atoms with Crippen molar-refractivity contribution in [3.05, 3.63) is 62.9 Å². The molecule has 1 amide bonds. The highest BCUT2D eigenvalue weighted by atomic mass is 35.5. The predicted molar refractivity (Wildman–Crippen MR) is 112 cm³/mol. The number of ether oxygens (including phenoxy) is 1. The van der Waals surface area contributed by atoms with Gasteiger partial charge in [0.2, 0.25) is 5.78 Å². The van der Waals surface area contributed by atoms with E-state index >= 15 is 0 Å². The van der Waals surface area contributed by atoms with Crippen molar-refractivity contribution in [2.75, 3.05) is 26.3 Å². The SMILES string of the molecule is Cn1c(C(=O)c2c(Cl)ccc(C(=O)N3CCOCC3)c2Cl)cc2ncc(C(F)(F)F)cc21. The molecule has 3 heterocycles. The number of aromatic nitrogens is 2. The molecule has 4 rings (SSSR count). The first-order valence-electron chi connectivity index (χ1n) is 9.52. The van der Waals surface area contributed by atoms with Gasteiger partial charge in [0.1, 0.15) is 0 Å². The number of ketones is 1. The molecule has 0 saturated carbocycles. The summed E-state index contributed by atoms with van der Waals surface area (Å²) < 4.78 is 45.7. The van der Waals surface area contributed by atoms with Crippen LogP contribution in [0.25, 0.3) is 11.0 Å². The van der Waals surface area contributed by atoms with Crippen LogP contribution in [0, 0.1) is 0 Å². The van der Waals surface area contributed by atoms with Gasteiger partial charge in [-0.3, -0.25) is 14.6 Å². The van der Waals surface area contributed by atoms with Crippen molar-refractivity contribution in [2.45, 2.75) is 6.18 Å². The molecule has 1 fully saturated rings. The molecule has 32 heavy (non-hydrogen) atoms. The number of alkyl halides is 3. The first-order chi connectivity index (χ1) is 15.1. The molecule has 1 aliphatic heterocycles. The molecule has 11 heteroatoms. The summed E-state index contributed by atoms with van der Waals surface area (Å²) >= 11 is 12.7. The van der Waals surface area contributed by atoms with Crippen molar-refractivity contribution in [2.24, 2.45) is 7.05 Å². The lowest BCUT2D eigenvalue weighted by Crippen LogP contribution is -2.40. The van der Waals surface area contributed by atoms with Crippen LogP contribution < -0.4 is 0 Å². The second-order valence-electron chi connectivity index (χ2n) is 7.23. The largest absolute Gasteiger partial charge is 0.417 e. The average molecular weight is 486 g/mol. The molecule has 0 bridgehead atoms. The van der Waals surface area contributed by atoms with Gasteiger partial charge in [-0.05, 0) is 24.3 Å². The zero-order valence-electron chi connectivity index (χ0n) is 16.7. The molecule has 168 valence electrons. The lowest BCUT2D eigenvalue weighted by molar-refractivity contribution is -0.137. The van der Waals surface area contributed by atoms with E-state index in [0.29, 0.717) is 32.5 Å². The van der Waals surface area contributed by atoms with Gasteiger partial charge < -0.3 is 14.2 Å². The lowest BCUT2D eigenvalue weighted by atomic mass is 10.0. The van der Waals surface area contributed by atoms with Crippen molar-refractivity contribution in [3.63, 3.8) is 0 Å². The van der Waals surface area contributed by atoms with Crippen LogP contribution in [0.1, 0.15) is 32.0 Å². The number of amides is 1. The summed E-state index contributed by atoms with van der Waals surface area (Å²) in [7, 11) is 1.45. The van der Waals surface area contributed by atoms with Gasteiger partial charge >= 0.3 is 6.18 Å². The zero-order valence-corrected chi connectivity index (χ0v) is 18.2. The number of morpholine rings is 1. The van der Waals surface area contributed by atoms with Crippen molar-refractivity contribution in [3.8, 4) is 0 Å². The maximum atomic E-state index is 13.3. The fourth-order valence-corrected chi connectivity index (χ4v) is 4.19. The third-order valence-corrected chi connectivity index (χ3v) is 6.01. The number of carbonyl (C=O) groups excluding carboxylic acids is 2. The molecule has 0 atom stereocenters. The number of fused-ring (bicyclic) bond motifs is 1. The van der Waals surface area contributed by atoms with E-state index in [0.717, 1.165) is 6.07 Å². The molecule has 3 aromatic rings. The van der Waals surface area contributed by atoms with Gasteiger partial charge in [-0.2, -0.15) is 13.2 Å². The van der Waals surface area contributed by atoms with Crippen LogP contribution in [0.15, 0.2) is 30.5 Å². The van der Waals surface area contributed by atoms with E-state index < -0.39 is 17.5 Å². The maximum Gasteiger partial charge on any atom is 0.417 e. The monoisotopic (exact) mass is 485 g/mol. The Labute approximate surface area is 190 Å². The minimum absolute atomic E-state index is 0.0210. The molecule has 1 saturated heterocycles. The highest BCUT2D eigenvalue weighted by Crippen LogP contribution is 2.34. The van der Waals surface area contributed by atoms with Crippen LogP contribution in [0.5, 0.6) is 0 Å². The number of aryl methyl sites for hydroxylation is 1. The number of halogens is 5. The second kappa shape index (κ2) is 8.38. The highest BCUT2D eigenvalue weighted by Gasteiger charge is 2.32. The summed E-state index contributed by atoms with van der Waals surface area (Å²) in [5, 5.41) is -0.0964. The molecule has 0 aliphatic carbocycles. The van der Waals surface area contributed by atoms with E-state index in [4.69, 9.17) is 27.9 Å². The van der Waals surface area contributed by atoms with Gasteiger partial charge in [0.25, 0.3) is 5.91 Å². The van der Waals surface area contributed by atoms with Crippen LogP contribution in [0.3, 0.4) is 0 Å². The Morgan fingerprint density at radius 3 is 2.47 bits per heavy atom. The number of benzene rings is 1. The molecule has 2 aromatic heterocycles. The van der Waals surface area contributed by atoms with E-state index in [2.05, 4.69) is 4.98 Å². The van der Waals surface area contributed by atoms with Gasteiger partial charge in [0.15, 0.2) is 0 Å². The fraction of sp³-hybridized carbons (Fsp3) is 0.286. The molecule has 1 aromatic carbocycles. The van der Waals surface area contributed by atoms with Gasteiger partial charge in [-0.25, -0.2) is 0 Å². The van der Waals surface area contributed by atoms with Gasteiger partial charge in [0, 0.05) is 26.3 Å². The molecular weight excluding hydrogens is 470 g/mol. The molecule has 1 aliphatic rings. The minimum Gasteiger partial charge on any atom is -0.378 e. The number of hydrogen-bond acceptors (Lipinski definition) is 4. The van der Waals surface area contributed by atoms with Gasteiger partial charge in [-0.1, -0.05) is 23.2 Å². The Kier molecular flexibility index (Phi) is 5.91. The summed E-state index contributed by atoms with van der Waals surface area (Å²) in [6.45, 7) is 1.56. The Morgan fingerprint density at radius 1 is 1.12 bits per heavy atom. The summed E-state index contributed by atoms with van der Waals surface area (Å²) in [5.41, 5.74) is -0.564. The Balaban J connectivity index is 1.77. The molecule has 0 spiro atoms. The standard InChI is InChI=1S/C21H16Cl2F3N3O3/c1-28-15-8-11(21(24,25)26)10-27-14(15)9-16(28)19(30)17-13(22)3-2-12(18(17)23)20(31)29-4-6-32-7-5-29/h2-3,8-10H,4-7H2,1H3. The first-order valence-corrected chi connectivity index (χ1v) is 10.3. The summed E-state index contributed by atoms with van der Waals surface area (Å²) in [5.74, 6) is -0.997. The normalized spacial score (nSPS) is 14.8. The summed E-state index contributed by atoms with van der Waals surface area (Å²) in [4.78, 5) is 31.6. The second-order valence-corrected chi connectivity index (χ2v) is 8.02. The summed E-state index contributed by atoms with van der Waals surface area (Å²) in [6.07, 6.45) is -3.87. The van der Waals surface area contributed by atoms with Crippen molar-refractivity contribution >= 4 is 45.9 Å². The van der Waals surface area contributed by atoms with Gasteiger partial charge in [0.05, 0.1) is 56.7 Å². The van der Waals surface area contributed by atoms with Crippen LogP contribution in [0.4, 0.5) is 13.2 Å². The third kappa shape index (κ3) is 3.96. The number of hydrogen-bond donors (Lipinski definition) is 0. The van der Waals surface area contributed by atoms with Crippen molar-refractivity contribution in [1.29, 1.82) is 0 Å². The van der Waals surface area contributed by atoms with Crippen LogP contribution in [-0.2, 0) is 18.0 Å². The van der Waals surface area contributed by atoms with Gasteiger partial charge in [-0.15, -0.1) is 0 Å². The summed E-state index contributed by atoms with van der Waals surface area (Å²) in [6, 6.07) is 5.12. The van der Waals surface area contributed by atoms with E-state index in [9.17, 15) is 22.8 Å². The number of carbonyl (C=O) groups is 2. The average Bonchev–Trinajstić information content (AvgIpc) is 3.09. The third-order valence-electron chi connectivity index (χ3n) is 5.30. The van der Waals surface area contributed by atoms with Crippen molar-refractivity contribution in [1.82, 2.24) is 14.5 Å². The first kappa shape index (κ1) is 22.6. The molecule has 0 radical (unpaired) electrons. The Morgan fingerprint density at radius 2 is 1.81 bits per heavy atom. The number of nitrogens with zero attached hydrogens (tertiary/aromatic N) is 3. The molecule has 0 N–H and O–H groups in total. The lowest BCUT2D eigenvalue weighted by Gasteiger charge is -2.27. The maximum absolute atomic E-state index is 13.3. The zero-order chi connectivity index (χ0) is 23.2. The number of rotatable bonds is 3. The van der Waals surface area contributed by atoms with Crippen LogP contribution >= 0.6 is 23.2 Å². The van der Waals surface area contributed by atoms with E-state index in [1.165, 1.54) is 29.8 Å². The van der Waals surface area contributed by atoms with Crippen LogP contribution in [-0.4, -0.2) is 52.4 Å². The molecular formula is C21H16Cl2F3N3O3. The quantitative estimate of drug-likeness (QED) is 0.508. The van der Waals surface area contributed by atoms with E-state index in [1.54, 1.807) is 4.90 Å². The van der Waals surface area contributed by atoms with E-state index in [-0.39, 0.29) is 43.8 Å². The molecule has 0 unspecified atom stereocenters. The smallest absolute Gasteiger partial charge is 0.378 e.